The number of carbonyl (C=O) groups is 4. The van der Waals surface area contributed by atoms with Crippen LogP contribution < -0.4 is 4.90 Å². The number of aliphatic hydroxyl groups is 1. The Morgan fingerprint density at radius 2 is 1.51 bits per heavy atom. The minimum atomic E-state index is -1.94. The van der Waals surface area contributed by atoms with E-state index in [1.807, 2.05) is 36.4 Å². The smallest absolute Gasteiger partial charge is 0.303 e. The molecule has 1 saturated heterocycles. The van der Waals surface area contributed by atoms with Crippen LogP contribution in [0.2, 0.25) is 0 Å². The fraction of sp³-hybridized carbons (Fsp3) is 0.300. The first kappa shape index (κ1) is 37.9. The van der Waals surface area contributed by atoms with Crippen molar-refractivity contribution in [1.82, 2.24) is 14.8 Å². The third kappa shape index (κ3) is 10.4. The predicted octanol–water partition coefficient (Wildman–Crippen LogP) is 4.47. The lowest BCUT2D eigenvalue weighted by Gasteiger charge is -2.48. The van der Waals surface area contributed by atoms with Gasteiger partial charge in [0, 0.05) is 37.6 Å². The Morgan fingerprint density at radius 1 is 0.887 bits per heavy atom. The summed E-state index contributed by atoms with van der Waals surface area (Å²) in [7, 11) is 0. The summed E-state index contributed by atoms with van der Waals surface area (Å²) in [5, 5.41) is 15.0. The van der Waals surface area contributed by atoms with Gasteiger partial charge in [-0.15, -0.1) is 0 Å². The molecule has 53 heavy (non-hydrogen) atoms. The van der Waals surface area contributed by atoms with Crippen LogP contribution in [0.1, 0.15) is 68.0 Å². The summed E-state index contributed by atoms with van der Waals surface area (Å²) >= 11 is 0. The van der Waals surface area contributed by atoms with Gasteiger partial charge < -0.3 is 24.2 Å². The Kier molecular flexibility index (Phi) is 12.4. The number of anilines is 1. The second-order valence-electron chi connectivity index (χ2n) is 12.4. The Morgan fingerprint density at radius 3 is 2.09 bits per heavy atom. The van der Waals surface area contributed by atoms with Crippen LogP contribution in [0.3, 0.4) is 0 Å². The van der Waals surface area contributed by atoms with E-state index in [4.69, 9.17) is 14.2 Å². The number of hydrogen-bond donors (Lipinski definition) is 1. The van der Waals surface area contributed by atoms with Crippen LogP contribution in [0.5, 0.6) is 0 Å². The Balaban J connectivity index is 1.39. The molecule has 4 aromatic rings. The van der Waals surface area contributed by atoms with Crippen LogP contribution in [0, 0.1) is 35.4 Å². The van der Waals surface area contributed by atoms with Gasteiger partial charge in [-0.2, -0.15) is 5.10 Å². The number of nitrogens with zero attached hydrogens (tertiary/aromatic N) is 4. The number of hydrogen-bond acceptors (Lipinski definition) is 10. The summed E-state index contributed by atoms with van der Waals surface area (Å²) in [6, 6.07) is 19.7. The normalized spacial score (nSPS) is 15.5. The molecule has 0 bridgehead atoms. The second-order valence-corrected chi connectivity index (χ2v) is 12.4. The summed E-state index contributed by atoms with van der Waals surface area (Å²) in [5.74, 6) is 8.85. The van der Waals surface area contributed by atoms with Crippen LogP contribution in [0.4, 0.5) is 10.1 Å². The van der Waals surface area contributed by atoms with E-state index in [9.17, 15) is 28.7 Å². The molecular weight excluding hydrogens is 683 g/mol. The molecule has 0 saturated carbocycles. The number of amides is 1. The maximum atomic E-state index is 13.9. The molecule has 1 amide bonds. The van der Waals surface area contributed by atoms with Gasteiger partial charge in [0.2, 0.25) is 5.91 Å². The number of halogens is 1. The van der Waals surface area contributed by atoms with Crippen LogP contribution in [0.15, 0.2) is 85.5 Å². The van der Waals surface area contributed by atoms with Crippen molar-refractivity contribution in [1.29, 1.82) is 0 Å². The average Bonchev–Trinajstić information content (AvgIpc) is 3.66. The van der Waals surface area contributed by atoms with Crippen molar-refractivity contribution in [2.75, 3.05) is 18.1 Å². The van der Waals surface area contributed by atoms with E-state index >= 15 is 0 Å². The molecule has 1 aliphatic heterocycles. The van der Waals surface area contributed by atoms with Gasteiger partial charge in [0.25, 0.3) is 0 Å². The van der Waals surface area contributed by atoms with Crippen molar-refractivity contribution >= 4 is 29.5 Å². The fourth-order valence-corrected chi connectivity index (χ4v) is 5.75. The van der Waals surface area contributed by atoms with E-state index in [0.29, 0.717) is 36.2 Å². The molecule has 2 unspecified atom stereocenters. The van der Waals surface area contributed by atoms with E-state index in [-0.39, 0.29) is 5.91 Å². The van der Waals surface area contributed by atoms with E-state index in [0.717, 1.165) is 11.1 Å². The van der Waals surface area contributed by atoms with Crippen LogP contribution in [-0.4, -0.2) is 62.5 Å². The highest BCUT2D eigenvalue weighted by Gasteiger charge is 2.48. The minimum Gasteiger partial charge on any atom is -0.462 e. The van der Waals surface area contributed by atoms with Crippen molar-refractivity contribution in [2.45, 2.75) is 57.9 Å². The van der Waals surface area contributed by atoms with Crippen molar-refractivity contribution in [3.05, 3.63) is 114 Å². The zero-order valence-corrected chi connectivity index (χ0v) is 29.3. The van der Waals surface area contributed by atoms with Crippen molar-refractivity contribution in [3.8, 4) is 23.7 Å². The predicted molar refractivity (Wildman–Crippen MR) is 189 cm³/mol. The van der Waals surface area contributed by atoms with E-state index in [1.54, 1.807) is 40.2 Å². The maximum absolute atomic E-state index is 13.9. The molecule has 0 aliphatic carbocycles. The van der Waals surface area contributed by atoms with E-state index < -0.39 is 60.6 Å². The third-order valence-electron chi connectivity index (χ3n) is 8.31. The Labute approximate surface area is 305 Å². The quantitative estimate of drug-likeness (QED) is 0.0962. The van der Waals surface area contributed by atoms with Gasteiger partial charge in [-0.05, 0) is 72.5 Å². The lowest BCUT2D eigenvalue weighted by atomic mass is 9.78. The van der Waals surface area contributed by atoms with E-state index in [2.05, 4.69) is 33.8 Å². The van der Waals surface area contributed by atoms with Gasteiger partial charge in [-0.25, -0.2) is 14.1 Å². The summed E-state index contributed by atoms with van der Waals surface area (Å²) in [4.78, 5) is 54.2. The van der Waals surface area contributed by atoms with Crippen LogP contribution >= 0.6 is 0 Å². The molecule has 3 atom stereocenters. The molecule has 0 spiro atoms. The zero-order valence-electron chi connectivity index (χ0n) is 29.3. The molecule has 0 radical (unpaired) electrons. The first-order valence-electron chi connectivity index (χ1n) is 16.7. The topological polar surface area (TPSA) is 150 Å². The van der Waals surface area contributed by atoms with Crippen molar-refractivity contribution in [2.24, 2.45) is 5.92 Å². The number of carbonyl (C=O) groups excluding carboxylic acids is 4. The highest BCUT2D eigenvalue weighted by molar-refractivity contribution is 6.03. The van der Waals surface area contributed by atoms with Gasteiger partial charge in [0.1, 0.15) is 44.3 Å². The third-order valence-corrected chi connectivity index (χ3v) is 8.31. The molecule has 1 fully saturated rings. The van der Waals surface area contributed by atoms with Gasteiger partial charge in [-0.3, -0.25) is 19.2 Å². The van der Waals surface area contributed by atoms with Gasteiger partial charge in [0.05, 0.1) is 12.0 Å². The van der Waals surface area contributed by atoms with Crippen molar-refractivity contribution < 1.29 is 42.9 Å². The molecule has 3 aromatic carbocycles. The summed E-state index contributed by atoms with van der Waals surface area (Å²) < 4.78 is 30.7. The highest BCUT2D eigenvalue weighted by atomic mass is 19.1. The highest BCUT2D eigenvalue weighted by Crippen LogP contribution is 2.46. The van der Waals surface area contributed by atoms with E-state index in [1.165, 1.54) is 39.2 Å². The number of rotatable bonds is 12. The van der Waals surface area contributed by atoms with Gasteiger partial charge >= 0.3 is 17.9 Å². The van der Waals surface area contributed by atoms with Gasteiger partial charge in [0.15, 0.2) is 5.60 Å². The second kappa shape index (κ2) is 17.3. The first-order chi connectivity index (χ1) is 25.4. The fourth-order valence-electron chi connectivity index (χ4n) is 5.75. The average molecular weight is 721 g/mol. The molecule has 1 aliphatic rings. The lowest BCUT2D eigenvalue weighted by molar-refractivity contribution is -0.154. The van der Waals surface area contributed by atoms with Gasteiger partial charge in [-0.1, -0.05) is 47.9 Å². The standard InChI is InChI=1S/C40H37FN4O8/c1-27(46)51-23-40(50,24-52-28(2)47)21-20-31-6-10-33(11-7-31)38-36(18-19-37(53-29(3)48)32-12-14-34(41)15-13-32)39(49)45(38)35-16-8-30(9-17-35)5-4-22-44-26-42-25-43-44/h6-17,25-26,36-38,50H,18-19,22-24H2,1-3H3/t36?,37-,38?/m0/s1. The molecule has 13 heteroatoms. The Bertz CT molecular complexity index is 2030. The molecular formula is C40H37FN4O8. The monoisotopic (exact) mass is 720 g/mol. The maximum Gasteiger partial charge on any atom is 0.303 e. The Hall–Kier alpha value is -6.31. The molecule has 5 rings (SSSR count). The molecule has 1 N–H and O–H groups in total. The molecule has 272 valence electrons. The summed E-state index contributed by atoms with van der Waals surface area (Å²) in [6.07, 6.45) is 3.02. The van der Waals surface area contributed by atoms with Crippen molar-refractivity contribution in [3.63, 3.8) is 0 Å². The first-order valence-corrected chi connectivity index (χ1v) is 16.7. The number of aromatic nitrogens is 3. The zero-order chi connectivity index (χ0) is 38.0. The number of benzene rings is 3. The molecule has 12 nitrogen and oxygen atoms in total. The number of esters is 3. The minimum absolute atomic E-state index is 0.120. The van der Waals surface area contributed by atoms with Crippen LogP contribution in [0.25, 0.3) is 0 Å². The van der Waals surface area contributed by atoms with Crippen LogP contribution in [-0.2, 0) is 39.9 Å². The SMILES string of the molecule is CC(=O)OCC(O)(C#Cc1ccc(C2C(CC[C@H](OC(C)=O)c3ccc(F)cc3)C(=O)N2c2ccc(C#CCn3cncn3)cc2)cc1)COC(C)=O. The largest absolute Gasteiger partial charge is 0.462 e. The molecule has 1 aromatic heterocycles. The number of β-lactam (4-membered cyclic amide) rings is 1. The molecule has 2 heterocycles. The number of ether oxygens (including phenoxy) is 3. The summed E-state index contributed by atoms with van der Waals surface area (Å²) in [5.41, 5.74) is 1.41. The lowest BCUT2D eigenvalue weighted by Crippen LogP contribution is -2.55. The summed E-state index contributed by atoms with van der Waals surface area (Å²) in [6.45, 7) is 3.05.